The molecule has 0 amide bonds. The van der Waals surface area contributed by atoms with Crippen molar-refractivity contribution in [1.29, 1.82) is 0 Å². The van der Waals surface area contributed by atoms with Crippen LogP contribution >= 0.6 is 0 Å². The number of hydrogen-bond acceptors (Lipinski definition) is 7. The quantitative estimate of drug-likeness (QED) is 0.550. The van der Waals surface area contributed by atoms with Gasteiger partial charge in [0.25, 0.3) is 0 Å². The van der Waals surface area contributed by atoms with E-state index in [4.69, 9.17) is 21.2 Å². The van der Waals surface area contributed by atoms with Crippen molar-refractivity contribution < 1.29 is 4.74 Å². The maximum Gasteiger partial charge on any atom is 0.213 e. The van der Waals surface area contributed by atoms with Crippen LogP contribution in [0.15, 0.2) is 48.7 Å². The minimum Gasteiger partial charge on any atom is -0.473 e. The van der Waals surface area contributed by atoms with Gasteiger partial charge in [0, 0.05) is 17.8 Å². The second-order valence-corrected chi connectivity index (χ2v) is 6.61. The van der Waals surface area contributed by atoms with E-state index in [-0.39, 0.29) is 6.10 Å². The van der Waals surface area contributed by atoms with E-state index >= 15 is 0 Å². The number of aromatic nitrogens is 5. The lowest BCUT2D eigenvalue weighted by molar-refractivity contribution is 0.192. The third-order valence-electron chi connectivity index (χ3n) is 4.34. The molecule has 0 aromatic carbocycles. The van der Waals surface area contributed by atoms with Gasteiger partial charge in [-0.25, -0.2) is 19.9 Å². The van der Waals surface area contributed by atoms with Gasteiger partial charge in [-0.1, -0.05) is 6.07 Å². The highest BCUT2D eigenvalue weighted by molar-refractivity contribution is 5.77. The number of nitrogen functional groups attached to an aromatic ring is 2. The Bertz CT molecular complexity index is 1100. The van der Waals surface area contributed by atoms with Crippen molar-refractivity contribution in [3.05, 3.63) is 54.5 Å². The zero-order valence-electron chi connectivity index (χ0n) is 15.7. The fourth-order valence-corrected chi connectivity index (χ4v) is 3.13. The summed E-state index contributed by atoms with van der Waals surface area (Å²) >= 11 is 0. The van der Waals surface area contributed by atoms with E-state index in [2.05, 4.69) is 15.0 Å². The summed E-state index contributed by atoms with van der Waals surface area (Å²) in [7, 11) is 0. The number of nitrogens with zero attached hydrogens (tertiary/aromatic N) is 5. The number of aryl methyl sites for hydroxylation is 1. The van der Waals surface area contributed by atoms with Gasteiger partial charge in [0.1, 0.15) is 29.1 Å². The van der Waals surface area contributed by atoms with Crippen molar-refractivity contribution in [2.75, 3.05) is 11.5 Å². The highest BCUT2D eigenvalue weighted by Gasteiger charge is 2.15. The summed E-state index contributed by atoms with van der Waals surface area (Å²) < 4.78 is 7.95. The topological polar surface area (TPSA) is 118 Å². The lowest BCUT2D eigenvalue weighted by Crippen LogP contribution is -2.21. The SMILES string of the molecule is Cc1nc2ccc(-c3cc(N)nc(N)c3)nc2n1C[C@H](C)Oc1ccccn1. The Morgan fingerprint density at radius 1 is 1.04 bits per heavy atom. The number of pyridine rings is 3. The molecule has 4 heterocycles. The Hall–Kier alpha value is -3.68. The molecule has 142 valence electrons. The highest BCUT2D eigenvalue weighted by atomic mass is 16.5. The van der Waals surface area contributed by atoms with Gasteiger partial charge in [-0.15, -0.1) is 0 Å². The van der Waals surface area contributed by atoms with Crippen LogP contribution < -0.4 is 16.2 Å². The molecule has 1 atom stereocenters. The van der Waals surface area contributed by atoms with Gasteiger partial charge in [0.15, 0.2) is 5.65 Å². The number of nitrogens with two attached hydrogens (primary N) is 2. The minimum absolute atomic E-state index is 0.108. The first-order valence-electron chi connectivity index (χ1n) is 8.94. The Morgan fingerprint density at radius 3 is 2.54 bits per heavy atom. The second kappa shape index (κ2) is 7.15. The number of anilines is 2. The smallest absolute Gasteiger partial charge is 0.213 e. The summed E-state index contributed by atoms with van der Waals surface area (Å²) in [6, 6.07) is 12.9. The summed E-state index contributed by atoms with van der Waals surface area (Å²) in [5.41, 5.74) is 14.8. The molecule has 0 bridgehead atoms. The molecule has 28 heavy (non-hydrogen) atoms. The van der Waals surface area contributed by atoms with Crippen LogP contribution in [0.1, 0.15) is 12.7 Å². The maximum atomic E-state index is 5.91. The number of hydrogen-bond donors (Lipinski definition) is 2. The molecule has 0 radical (unpaired) electrons. The largest absolute Gasteiger partial charge is 0.473 e. The van der Waals surface area contributed by atoms with Crippen LogP contribution in [0.4, 0.5) is 11.6 Å². The van der Waals surface area contributed by atoms with Crippen LogP contribution in [0, 0.1) is 6.92 Å². The van der Waals surface area contributed by atoms with Crippen LogP contribution in [-0.4, -0.2) is 30.6 Å². The number of fused-ring (bicyclic) bond motifs is 1. The average Bonchev–Trinajstić information content (AvgIpc) is 2.96. The molecule has 4 aromatic rings. The Labute approximate surface area is 162 Å². The highest BCUT2D eigenvalue weighted by Crippen LogP contribution is 2.24. The van der Waals surface area contributed by atoms with Gasteiger partial charge >= 0.3 is 0 Å². The monoisotopic (exact) mass is 375 g/mol. The first-order chi connectivity index (χ1) is 13.5. The zero-order chi connectivity index (χ0) is 19.7. The van der Waals surface area contributed by atoms with Gasteiger partial charge in [0.2, 0.25) is 5.88 Å². The second-order valence-electron chi connectivity index (χ2n) is 6.61. The van der Waals surface area contributed by atoms with E-state index in [1.54, 1.807) is 18.3 Å². The first-order valence-corrected chi connectivity index (χ1v) is 8.94. The number of imidazole rings is 1. The zero-order valence-corrected chi connectivity index (χ0v) is 15.7. The van der Waals surface area contributed by atoms with E-state index in [1.165, 1.54) is 0 Å². The molecule has 0 saturated carbocycles. The van der Waals surface area contributed by atoms with Gasteiger partial charge in [-0.05, 0) is 44.2 Å². The van der Waals surface area contributed by atoms with Crippen LogP contribution in [-0.2, 0) is 6.54 Å². The Morgan fingerprint density at radius 2 is 1.82 bits per heavy atom. The predicted octanol–water partition coefficient (Wildman–Crippen LogP) is 2.83. The van der Waals surface area contributed by atoms with Crippen molar-refractivity contribution >= 4 is 22.8 Å². The first kappa shape index (κ1) is 17.7. The fourth-order valence-electron chi connectivity index (χ4n) is 3.13. The van der Waals surface area contributed by atoms with E-state index in [0.717, 1.165) is 28.2 Å². The van der Waals surface area contributed by atoms with Crippen LogP contribution in [0.2, 0.25) is 0 Å². The standard InChI is InChI=1S/C20H21N7O/c1-12(28-19-5-3-4-8-23-19)11-27-13(2)24-16-7-6-15(25-20(16)27)14-9-17(21)26-18(22)10-14/h3-10,12H,11H2,1-2H3,(H4,21,22,26)/t12-/m0/s1. The number of rotatable bonds is 5. The van der Waals surface area contributed by atoms with E-state index in [1.807, 2.05) is 48.7 Å². The van der Waals surface area contributed by atoms with Crippen molar-refractivity contribution in [2.24, 2.45) is 0 Å². The van der Waals surface area contributed by atoms with Gasteiger partial charge < -0.3 is 20.8 Å². The van der Waals surface area contributed by atoms with Crippen LogP contribution in [0.25, 0.3) is 22.4 Å². The molecule has 0 aliphatic carbocycles. The molecular weight excluding hydrogens is 354 g/mol. The summed E-state index contributed by atoms with van der Waals surface area (Å²) in [6.07, 6.45) is 1.60. The molecular formula is C20H21N7O. The third kappa shape index (κ3) is 3.57. The van der Waals surface area contributed by atoms with Crippen molar-refractivity contribution in [1.82, 2.24) is 24.5 Å². The summed E-state index contributed by atoms with van der Waals surface area (Å²) in [4.78, 5) is 17.6. The summed E-state index contributed by atoms with van der Waals surface area (Å²) in [5, 5.41) is 0. The van der Waals surface area contributed by atoms with E-state index < -0.39 is 0 Å². The molecule has 0 fully saturated rings. The molecule has 0 unspecified atom stereocenters. The van der Waals surface area contributed by atoms with Crippen LogP contribution in [0.3, 0.4) is 0 Å². The normalized spacial score (nSPS) is 12.2. The van der Waals surface area contributed by atoms with Crippen LogP contribution in [0.5, 0.6) is 5.88 Å². The molecule has 0 saturated heterocycles. The Balaban J connectivity index is 1.67. The van der Waals surface area contributed by atoms with Crippen molar-refractivity contribution in [3.63, 3.8) is 0 Å². The molecule has 4 N–H and O–H groups in total. The minimum atomic E-state index is -0.108. The van der Waals surface area contributed by atoms with E-state index in [0.29, 0.717) is 24.1 Å². The van der Waals surface area contributed by atoms with Crippen molar-refractivity contribution in [2.45, 2.75) is 26.5 Å². The van der Waals surface area contributed by atoms with Gasteiger partial charge in [-0.2, -0.15) is 0 Å². The lowest BCUT2D eigenvalue weighted by Gasteiger charge is -2.16. The summed E-state index contributed by atoms with van der Waals surface area (Å²) in [5.74, 6) is 2.18. The van der Waals surface area contributed by atoms with E-state index in [9.17, 15) is 0 Å². The third-order valence-corrected chi connectivity index (χ3v) is 4.34. The molecule has 0 aliphatic rings. The Kier molecular flexibility index (Phi) is 4.52. The van der Waals surface area contributed by atoms with Gasteiger partial charge in [-0.3, -0.25) is 0 Å². The number of ether oxygens (including phenoxy) is 1. The van der Waals surface area contributed by atoms with Crippen molar-refractivity contribution in [3.8, 4) is 17.1 Å². The van der Waals surface area contributed by atoms with Gasteiger partial charge in [0.05, 0.1) is 12.2 Å². The molecule has 8 nitrogen and oxygen atoms in total. The predicted molar refractivity (Wildman–Crippen MR) is 109 cm³/mol. The fraction of sp³-hybridized carbons (Fsp3) is 0.200. The summed E-state index contributed by atoms with van der Waals surface area (Å²) in [6.45, 7) is 4.54. The maximum absolute atomic E-state index is 5.91. The molecule has 4 aromatic heterocycles. The molecule has 0 aliphatic heterocycles. The molecule has 4 rings (SSSR count). The molecule has 0 spiro atoms. The molecule has 8 heteroatoms. The average molecular weight is 375 g/mol. The lowest BCUT2D eigenvalue weighted by atomic mass is 10.1.